The molecule has 0 bridgehead atoms. The highest BCUT2D eigenvalue weighted by Gasteiger charge is 2.28. The number of rotatable bonds is 52. The third kappa shape index (κ3) is 51.6. The van der Waals surface area contributed by atoms with Gasteiger partial charge < -0.3 is 24.2 Å². The lowest BCUT2D eigenvalue weighted by molar-refractivity contribution is -0.161. The van der Waals surface area contributed by atoms with Crippen LogP contribution in [0.2, 0.25) is 0 Å². The number of carbonyl (C=O) groups is 3. The second-order valence-electron chi connectivity index (χ2n) is 18.7. The van der Waals surface area contributed by atoms with Crippen LogP contribution < -0.4 is 0 Å². The van der Waals surface area contributed by atoms with E-state index < -0.39 is 57.8 Å². The molecule has 0 fully saturated rings. The lowest BCUT2D eigenvalue weighted by atomic mass is 10.1. The molecule has 0 saturated carbocycles. The van der Waals surface area contributed by atoms with E-state index in [-0.39, 0.29) is 25.9 Å². The summed E-state index contributed by atoms with van der Waals surface area (Å²) in [6.45, 7) is 4.43. The smallest absolute Gasteiger partial charge is 0.462 e. The summed E-state index contributed by atoms with van der Waals surface area (Å²) < 4.78 is 39.4. The summed E-state index contributed by atoms with van der Waals surface area (Å²) >= 11 is 0. The lowest BCUT2D eigenvalue weighted by Crippen LogP contribution is -2.30. The fourth-order valence-electron chi connectivity index (χ4n) is 7.47. The molecule has 3 atom stereocenters. The molecular formula is C60H103O11P. The van der Waals surface area contributed by atoms with Gasteiger partial charge in [-0.25, -0.2) is 4.57 Å². The van der Waals surface area contributed by atoms with E-state index in [1.165, 1.54) is 70.6 Å². The van der Waals surface area contributed by atoms with E-state index >= 15 is 0 Å². The van der Waals surface area contributed by atoms with Crippen molar-refractivity contribution < 1.29 is 52.2 Å². The molecule has 0 aromatic rings. The summed E-state index contributed by atoms with van der Waals surface area (Å²) in [7, 11) is -4.76. The number of aliphatic hydroxyl groups is 1. The summed E-state index contributed by atoms with van der Waals surface area (Å²) in [5, 5.41) is 9.79. The van der Waals surface area contributed by atoms with Gasteiger partial charge in [-0.3, -0.25) is 23.4 Å². The first-order valence-corrected chi connectivity index (χ1v) is 30.0. The van der Waals surface area contributed by atoms with Crippen LogP contribution >= 0.6 is 7.82 Å². The van der Waals surface area contributed by atoms with E-state index in [4.69, 9.17) is 23.3 Å². The summed E-state index contributed by atoms with van der Waals surface area (Å²) in [6, 6.07) is 0. The zero-order valence-corrected chi connectivity index (χ0v) is 46.5. The normalized spacial score (nSPS) is 14.0. The number of hydrogen-bond acceptors (Lipinski definition) is 10. The van der Waals surface area contributed by atoms with Gasteiger partial charge >= 0.3 is 25.7 Å². The Kier molecular flexibility index (Phi) is 51.4. The minimum atomic E-state index is -4.76. The van der Waals surface area contributed by atoms with Crippen molar-refractivity contribution in [3.8, 4) is 0 Å². The maximum Gasteiger partial charge on any atom is 0.472 e. The summed E-state index contributed by atoms with van der Waals surface area (Å²) in [5.41, 5.74) is 0. The Morgan fingerprint density at radius 3 is 1.17 bits per heavy atom. The van der Waals surface area contributed by atoms with Gasteiger partial charge in [0.25, 0.3) is 0 Å². The fourth-order valence-corrected chi connectivity index (χ4v) is 8.25. The van der Waals surface area contributed by atoms with Crippen LogP contribution in [0.25, 0.3) is 0 Å². The van der Waals surface area contributed by atoms with Crippen LogP contribution in [-0.2, 0) is 42.2 Å². The number of phosphoric ester groups is 1. The van der Waals surface area contributed by atoms with Crippen molar-refractivity contribution in [2.75, 3.05) is 26.4 Å². The second kappa shape index (κ2) is 53.9. The molecular weight excluding hydrogens is 928 g/mol. The van der Waals surface area contributed by atoms with Gasteiger partial charge in [0.2, 0.25) is 0 Å². The number of phosphoric acid groups is 1. The Morgan fingerprint density at radius 1 is 0.403 bits per heavy atom. The zero-order valence-electron chi connectivity index (χ0n) is 45.6. The standard InChI is InChI=1S/C60H103O11P/c1-4-7-10-13-16-19-22-24-26-27-28-29-31-33-36-39-42-45-48-51-60(64)71-57(53-67-58(62)49-46-43-40-37-35-32-30-25-23-20-17-14-11-8-5-2)55-69-72(65,66)68-54-56(52-61)70-59(63)50-47-44-41-38-34-21-18-15-12-9-6-3/h8,11,16-17,19-20,24-26,28-30,35,37,56-57,61H,4-7,9-10,12-15,18,21-23,27,31-34,36,38-55H2,1-3H3,(H,65,66)/b11-8-,19-16-,20-17-,26-24-,29-28-,30-25-,37-35-. The monoisotopic (exact) mass is 1030 g/mol. The molecule has 0 aromatic carbocycles. The largest absolute Gasteiger partial charge is 0.472 e. The Hall–Kier alpha value is -3.34. The highest BCUT2D eigenvalue weighted by molar-refractivity contribution is 7.47. The second-order valence-corrected chi connectivity index (χ2v) is 20.2. The van der Waals surface area contributed by atoms with Gasteiger partial charge in [0.05, 0.1) is 19.8 Å². The molecule has 0 aromatic heterocycles. The van der Waals surface area contributed by atoms with Crippen molar-refractivity contribution in [2.24, 2.45) is 0 Å². The Bertz CT molecular complexity index is 1530. The summed E-state index contributed by atoms with van der Waals surface area (Å²) in [6.07, 6.45) is 61.2. The fraction of sp³-hybridized carbons (Fsp3) is 0.717. The molecule has 414 valence electrons. The highest BCUT2D eigenvalue weighted by atomic mass is 31.2. The van der Waals surface area contributed by atoms with E-state index in [1.54, 1.807) is 0 Å². The number of aliphatic hydroxyl groups excluding tert-OH is 1. The van der Waals surface area contributed by atoms with Gasteiger partial charge in [-0.1, -0.05) is 209 Å². The minimum absolute atomic E-state index is 0.142. The molecule has 0 amide bonds. The average Bonchev–Trinajstić information content (AvgIpc) is 3.37. The van der Waals surface area contributed by atoms with Crippen molar-refractivity contribution in [1.29, 1.82) is 0 Å². The molecule has 0 saturated heterocycles. The predicted molar refractivity (Wildman–Crippen MR) is 298 cm³/mol. The molecule has 0 aliphatic rings. The Morgan fingerprint density at radius 2 is 0.722 bits per heavy atom. The van der Waals surface area contributed by atoms with Crippen LogP contribution in [0.1, 0.15) is 239 Å². The highest BCUT2D eigenvalue weighted by Crippen LogP contribution is 2.43. The van der Waals surface area contributed by atoms with Gasteiger partial charge in [-0.15, -0.1) is 0 Å². The molecule has 0 aliphatic heterocycles. The third-order valence-corrected chi connectivity index (χ3v) is 12.8. The number of esters is 3. The SMILES string of the molecule is CC/C=C\C/C=C\C/C=C\C/C=C\CCCCC(=O)OCC(COP(=O)(O)OCC(CO)OC(=O)CCCCCCCCCCCCC)OC(=O)CCCCCCCC/C=C\C/C=C\C/C=C\CCCCC. The molecule has 11 nitrogen and oxygen atoms in total. The molecule has 0 radical (unpaired) electrons. The van der Waals surface area contributed by atoms with Crippen LogP contribution in [0, 0.1) is 0 Å². The van der Waals surface area contributed by atoms with E-state index in [0.29, 0.717) is 19.3 Å². The van der Waals surface area contributed by atoms with Crippen molar-refractivity contribution in [2.45, 2.75) is 251 Å². The zero-order chi connectivity index (χ0) is 52.7. The Balaban J connectivity index is 4.81. The van der Waals surface area contributed by atoms with Crippen LogP contribution in [0.3, 0.4) is 0 Å². The topological polar surface area (TPSA) is 155 Å². The van der Waals surface area contributed by atoms with Gasteiger partial charge in [0.1, 0.15) is 12.7 Å². The molecule has 72 heavy (non-hydrogen) atoms. The van der Waals surface area contributed by atoms with Crippen LogP contribution in [0.15, 0.2) is 85.1 Å². The minimum Gasteiger partial charge on any atom is -0.462 e. The van der Waals surface area contributed by atoms with E-state index in [0.717, 1.165) is 109 Å². The molecule has 0 heterocycles. The van der Waals surface area contributed by atoms with Crippen molar-refractivity contribution in [3.63, 3.8) is 0 Å². The predicted octanol–water partition coefficient (Wildman–Crippen LogP) is 16.7. The van der Waals surface area contributed by atoms with E-state index in [9.17, 15) is 28.9 Å². The number of carbonyl (C=O) groups excluding carboxylic acids is 3. The molecule has 12 heteroatoms. The average molecular weight is 1030 g/mol. The molecule has 2 N–H and O–H groups in total. The molecule has 0 aliphatic carbocycles. The van der Waals surface area contributed by atoms with E-state index in [2.05, 4.69) is 106 Å². The quantitative estimate of drug-likeness (QED) is 0.0197. The van der Waals surface area contributed by atoms with Crippen LogP contribution in [0.4, 0.5) is 0 Å². The van der Waals surface area contributed by atoms with Gasteiger partial charge in [0, 0.05) is 19.3 Å². The first-order valence-electron chi connectivity index (χ1n) is 28.5. The van der Waals surface area contributed by atoms with Crippen LogP contribution in [0.5, 0.6) is 0 Å². The molecule has 3 unspecified atom stereocenters. The molecule has 0 rings (SSSR count). The van der Waals surface area contributed by atoms with E-state index in [1.807, 2.05) is 0 Å². The third-order valence-electron chi connectivity index (χ3n) is 11.8. The van der Waals surface area contributed by atoms with Gasteiger partial charge in [-0.05, 0) is 96.3 Å². The maximum atomic E-state index is 12.9. The summed E-state index contributed by atoms with van der Waals surface area (Å²) in [4.78, 5) is 48.5. The maximum absolute atomic E-state index is 12.9. The first kappa shape index (κ1) is 68.7. The van der Waals surface area contributed by atoms with Gasteiger partial charge in [-0.2, -0.15) is 0 Å². The van der Waals surface area contributed by atoms with Crippen molar-refractivity contribution >= 4 is 25.7 Å². The van der Waals surface area contributed by atoms with Gasteiger partial charge in [0.15, 0.2) is 6.10 Å². The number of allylic oxidation sites excluding steroid dienone is 14. The number of unbranched alkanes of at least 4 members (excludes halogenated alkanes) is 21. The van der Waals surface area contributed by atoms with Crippen LogP contribution in [-0.4, -0.2) is 66.5 Å². The molecule has 0 spiro atoms. The van der Waals surface area contributed by atoms with Crippen molar-refractivity contribution in [3.05, 3.63) is 85.1 Å². The summed E-state index contributed by atoms with van der Waals surface area (Å²) in [5.74, 6) is -1.53. The number of ether oxygens (including phenoxy) is 3. The first-order chi connectivity index (χ1) is 35.2. The van der Waals surface area contributed by atoms with Crippen molar-refractivity contribution in [1.82, 2.24) is 0 Å². The number of hydrogen-bond donors (Lipinski definition) is 2. The Labute approximate surface area is 439 Å². The lowest BCUT2D eigenvalue weighted by Gasteiger charge is -2.21.